The summed E-state index contributed by atoms with van der Waals surface area (Å²) in [4.78, 5) is 0. The summed E-state index contributed by atoms with van der Waals surface area (Å²) in [5, 5.41) is -7.58. The van der Waals surface area contributed by atoms with E-state index in [-0.39, 0.29) is 21.5 Å². The molecule has 0 aliphatic carbocycles. The van der Waals surface area contributed by atoms with Crippen molar-refractivity contribution in [3.63, 3.8) is 0 Å². The van der Waals surface area contributed by atoms with E-state index >= 15 is 0 Å². The zero-order valence-corrected chi connectivity index (χ0v) is 23.0. The Balaban J connectivity index is 1.51. The van der Waals surface area contributed by atoms with Crippen LogP contribution in [-0.2, 0) is 0 Å². The predicted octanol–water partition coefficient (Wildman–Crippen LogP) is 13.1. The van der Waals surface area contributed by atoms with E-state index < -0.39 is 244 Å². The predicted molar refractivity (Wildman–Crippen MR) is 200 cm³/mol. The fourth-order valence-corrected chi connectivity index (χ4v) is 6.41. The third-order valence-corrected chi connectivity index (χ3v) is 8.38. The SMILES string of the molecule is [2H]c1c([2H])c([2H])c2c(c1[2H])c([2H])c([2H])c1c([2H])c(-c3c([2H])c([2H])c4c([2H])c([2H])c5c([2H])c([2H])c([2H])c6c([2H])c([2H])c3c4c56)c([2H])c(-c3c([2H])c([2H])c4c([2H])c([2H])c5c([2H])c([2H])c([2H])c6c([2H])c([2H])c3c4c56)c12. The van der Waals surface area contributed by atoms with Crippen LogP contribution in [0.15, 0.2) is 157 Å². The van der Waals surface area contributed by atoms with Crippen molar-refractivity contribution in [3.05, 3.63) is 157 Å². The zero-order valence-electron chi connectivity index (χ0n) is 49.0. The summed E-state index contributed by atoms with van der Waals surface area (Å²) < 4.78 is 239. The first-order valence-corrected chi connectivity index (χ1v) is 14.0. The van der Waals surface area contributed by atoms with Gasteiger partial charge in [0.05, 0.1) is 35.6 Å². The van der Waals surface area contributed by atoms with Gasteiger partial charge in [-0.15, -0.1) is 0 Å². The highest BCUT2D eigenvalue weighted by atomic mass is 14.2. The second kappa shape index (κ2) is 8.81. The molecule has 0 aromatic heterocycles. The molecule has 0 heterocycles. The van der Waals surface area contributed by atoms with E-state index in [1.54, 1.807) is 0 Å². The first-order chi connectivity index (χ1) is 33.7. The highest BCUT2D eigenvalue weighted by Crippen LogP contribution is 2.46. The molecule has 0 N–H and O–H groups in total. The number of benzene rings is 11. The molecule has 0 heteroatoms. The van der Waals surface area contributed by atoms with E-state index in [4.69, 9.17) is 17.8 Å². The Morgan fingerprint density at radius 3 is 1.37 bits per heavy atom. The van der Waals surface area contributed by atoms with E-state index in [1.165, 1.54) is 0 Å². The molecule has 210 valence electrons. The number of fused-ring (bicyclic) bond motifs is 3. The Kier molecular flexibility index (Phi) is 2.02. The maximum Gasteiger partial charge on any atom is 0.0636 e. The van der Waals surface area contributed by atoms with Crippen molar-refractivity contribution in [2.24, 2.45) is 0 Å². The van der Waals surface area contributed by atoms with Crippen LogP contribution in [0.5, 0.6) is 0 Å². The maximum atomic E-state index is 10.3. The molecule has 0 bridgehead atoms. The highest BCUT2D eigenvalue weighted by Gasteiger charge is 2.18. The third kappa shape index (κ3) is 3.18. The Bertz CT molecular complexity index is 4450. The Labute approximate surface area is 301 Å². The van der Waals surface area contributed by atoms with Crippen LogP contribution >= 0.6 is 0 Å². The van der Waals surface area contributed by atoms with Gasteiger partial charge < -0.3 is 0 Å². The van der Waals surface area contributed by atoms with Gasteiger partial charge in [-0.1, -0.05) is 145 Å². The van der Waals surface area contributed by atoms with Crippen molar-refractivity contribution in [3.8, 4) is 22.3 Å². The van der Waals surface area contributed by atoms with Crippen molar-refractivity contribution < 1.29 is 35.6 Å². The van der Waals surface area contributed by atoms with Crippen LogP contribution in [0.25, 0.3) is 108 Å². The van der Waals surface area contributed by atoms with Crippen LogP contribution in [0.3, 0.4) is 0 Å². The quantitative estimate of drug-likeness (QED) is 0.172. The molecule has 11 rings (SSSR count). The average Bonchev–Trinajstić information content (AvgIpc) is 3.33. The molecule has 46 heavy (non-hydrogen) atoms. The zero-order chi connectivity index (χ0) is 52.6. The fraction of sp³-hybridized carbons (Fsp3) is 0. The fourth-order valence-electron chi connectivity index (χ4n) is 6.41. The minimum atomic E-state index is -1.01. The van der Waals surface area contributed by atoms with Gasteiger partial charge in [-0.3, -0.25) is 0 Å². The van der Waals surface area contributed by atoms with Gasteiger partial charge in [0.2, 0.25) is 0 Å². The second-order valence-corrected chi connectivity index (χ2v) is 10.8. The topological polar surface area (TPSA) is 0 Å². The lowest BCUT2D eigenvalue weighted by Crippen LogP contribution is -1.91. The lowest BCUT2D eigenvalue weighted by molar-refractivity contribution is 1.68. The number of rotatable bonds is 2. The van der Waals surface area contributed by atoms with E-state index in [9.17, 15) is 17.8 Å². The second-order valence-electron chi connectivity index (χ2n) is 10.8. The van der Waals surface area contributed by atoms with Crippen molar-refractivity contribution in [1.82, 2.24) is 0 Å². The Hall–Kier alpha value is -5.98. The van der Waals surface area contributed by atoms with Crippen LogP contribution in [0, 0.1) is 0 Å². The molecular formula is C46H26. The van der Waals surface area contributed by atoms with Gasteiger partial charge >= 0.3 is 0 Å². The highest BCUT2D eigenvalue weighted by molar-refractivity contribution is 6.29. The largest absolute Gasteiger partial charge is 0.0636 e. The molecule has 0 aliphatic rings. The van der Waals surface area contributed by atoms with Gasteiger partial charge in [-0.25, -0.2) is 0 Å². The first-order valence-electron chi connectivity index (χ1n) is 27.0. The van der Waals surface area contributed by atoms with Crippen molar-refractivity contribution in [1.29, 1.82) is 0 Å². The van der Waals surface area contributed by atoms with E-state index in [2.05, 4.69) is 0 Å². The van der Waals surface area contributed by atoms with Crippen LogP contribution in [0.2, 0.25) is 0 Å². The first kappa shape index (κ1) is 10.5. The number of hydrogen-bond donors (Lipinski definition) is 0. The molecular weight excluding hydrogens is 553 g/mol. The van der Waals surface area contributed by atoms with Crippen LogP contribution in [0.1, 0.15) is 35.6 Å². The van der Waals surface area contributed by atoms with E-state index in [0.29, 0.717) is 0 Å². The summed E-state index contributed by atoms with van der Waals surface area (Å²) >= 11 is 0. The molecule has 0 spiro atoms. The lowest BCUT2D eigenvalue weighted by Gasteiger charge is -2.19. The smallest absolute Gasteiger partial charge is 0.0616 e. The molecule has 0 aliphatic heterocycles. The summed E-state index contributed by atoms with van der Waals surface area (Å²) in [6, 6.07) is -21.4. The summed E-state index contributed by atoms with van der Waals surface area (Å²) in [5.41, 5.74) is -2.92. The minimum Gasteiger partial charge on any atom is -0.0616 e. The molecule has 0 radical (unpaired) electrons. The lowest BCUT2D eigenvalue weighted by atomic mass is 9.84. The van der Waals surface area contributed by atoms with Gasteiger partial charge in [0.15, 0.2) is 0 Å². The third-order valence-electron chi connectivity index (χ3n) is 8.38. The Morgan fingerprint density at radius 2 is 0.717 bits per heavy atom. The van der Waals surface area contributed by atoms with Crippen molar-refractivity contribution >= 4 is 86.2 Å². The molecule has 0 fully saturated rings. The molecule has 11 aromatic carbocycles. The molecule has 0 nitrogen and oxygen atoms in total. The van der Waals surface area contributed by atoms with E-state index in [1.807, 2.05) is 0 Å². The normalized spacial score (nSPS) is 20.3. The van der Waals surface area contributed by atoms with Gasteiger partial charge in [0, 0.05) is 0 Å². The standard InChI is InChI=1S/C46H26/c1-2-10-37-27(5-1)11-16-34-25-35(36-21-17-32-14-12-28-6-3-8-30-19-23-39(36)45(32)42(28)30)26-41(44(34)37)38-22-18-33-15-13-29-7-4-9-31-20-24-40(38)46(33)43(29)31/h1-26H/i1D,2D,3D,4D,5D,6D,7D,8D,9D,10D,11D,12D,13D,14D,15D,16D,17D,18D,19D,20D,21D,22D,23D,24D,25D,26D. The van der Waals surface area contributed by atoms with Gasteiger partial charge in [-0.2, -0.15) is 0 Å². The molecule has 0 atom stereocenters. The molecule has 0 saturated heterocycles. The summed E-state index contributed by atoms with van der Waals surface area (Å²) in [6.07, 6.45) is 0. The molecule has 0 saturated carbocycles. The minimum absolute atomic E-state index is 0.294. The maximum absolute atomic E-state index is 10.3. The van der Waals surface area contributed by atoms with Gasteiger partial charge in [0.1, 0.15) is 0 Å². The summed E-state index contributed by atoms with van der Waals surface area (Å²) in [5.74, 6) is 0. The van der Waals surface area contributed by atoms with Gasteiger partial charge in [-0.05, 0) is 121 Å². The van der Waals surface area contributed by atoms with Crippen LogP contribution in [0.4, 0.5) is 0 Å². The van der Waals surface area contributed by atoms with Crippen molar-refractivity contribution in [2.75, 3.05) is 0 Å². The van der Waals surface area contributed by atoms with E-state index in [0.717, 1.165) is 0 Å². The number of hydrogen-bond acceptors (Lipinski definition) is 0. The van der Waals surface area contributed by atoms with Crippen molar-refractivity contribution in [2.45, 2.75) is 0 Å². The molecule has 11 aromatic rings. The Morgan fingerprint density at radius 1 is 0.261 bits per heavy atom. The molecule has 0 unspecified atom stereocenters. The van der Waals surface area contributed by atoms with Crippen LogP contribution < -0.4 is 0 Å². The average molecular weight is 605 g/mol. The van der Waals surface area contributed by atoms with Gasteiger partial charge in [0.25, 0.3) is 0 Å². The summed E-state index contributed by atoms with van der Waals surface area (Å²) in [7, 11) is 0. The molecule has 0 amide bonds. The monoisotopic (exact) mass is 604 g/mol. The van der Waals surface area contributed by atoms with Crippen LogP contribution in [-0.4, -0.2) is 0 Å². The summed E-state index contributed by atoms with van der Waals surface area (Å²) in [6.45, 7) is 0.